The fraction of sp³-hybridized carbons (Fsp3) is 0.273. The molecule has 2 rings (SSSR count). The zero-order valence-corrected chi connectivity index (χ0v) is 10.3. The van der Waals surface area contributed by atoms with Crippen molar-refractivity contribution in [3.8, 4) is 0 Å². The predicted molar refractivity (Wildman–Crippen MR) is 62.2 cm³/mol. The van der Waals surface area contributed by atoms with Crippen LogP contribution in [0.1, 0.15) is 18.6 Å². The first-order valence-electron chi connectivity index (χ1n) is 5.08. The second kappa shape index (κ2) is 4.85. The fourth-order valence-electron chi connectivity index (χ4n) is 1.48. The van der Waals surface area contributed by atoms with Crippen LogP contribution in [0.2, 0.25) is 0 Å². The average Bonchev–Trinajstić information content (AvgIpc) is 2.64. The molecule has 1 N–H and O–H groups in total. The van der Waals surface area contributed by atoms with Crippen LogP contribution in [0.3, 0.4) is 0 Å². The third-order valence-electron chi connectivity index (χ3n) is 2.30. The monoisotopic (exact) mass is 253 g/mol. The summed E-state index contributed by atoms with van der Waals surface area (Å²) >= 11 is 1.28. The number of aryl methyl sites for hydroxylation is 1. The largest absolute Gasteiger partial charge is 0.389 e. The molecule has 1 heterocycles. The number of halogens is 1. The summed E-state index contributed by atoms with van der Waals surface area (Å²) in [5.74, 6) is -0.410. The highest BCUT2D eigenvalue weighted by atomic mass is 32.2. The van der Waals surface area contributed by atoms with E-state index in [0.29, 0.717) is 15.6 Å². The van der Waals surface area contributed by atoms with Crippen molar-refractivity contribution in [2.24, 2.45) is 7.05 Å². The lowest BCUT2D eigenvalue weighted by molar-refractivity contribution is 0.191. The van der Waals surface area contributed by atoms with Gasteiger partial charge in [0.15, 0.2) is 5.16 Å². The highest BCUT2D eigenvalue weighted by Crippen LogP contribution is 2.33. The number of benzene rings is 1. The lowest BCUT2D eigenvalue weighted by atomic mass is 10.1. The first-order valence-corrected chi connectivity index (χ1v) is 5.89. The Balaban J connectivity index is 2.39. The van der Waals surface area contributed by atoms with Crippen LogP contribution in [0, 0.1) is 5.82 Å². The lowest BCUT2D eigenvalue weighted by Crippen LogP contribution is -1.99. The van der Waals surface area contributed by atoms with E-state index in [9.17, 15) is 9.50 Å². The van der Waals surface area contributed by atoms with Gasteiger partial charge in [-0.25, -0.2) is 4.39 Å². The van der Waals surface area contributed by atoms with Crippen LogP contribution >= 0.6 is 11.8 Å². The van der Waals surface area contributed by atoms with Crippen LogP contribution in [0.5, 0.6) is 0 Å². The van der Waals surface area contributed by atoms with Crippen LogP contribution < -0.4 is 0 Å². The van der Waals surface area contributed by atoms with E-state index in [-0.39, 0.29) is 0 Å². The minimum atomic E-state index is -0.855. The van der Waals surface area contributed by atoms with E-state index in [1.54, 1.807) is 30.0 Å². The first-order chi connectivity index (χ1) is 8.09. The number of rotatable bonds is 3. The van der Waals surface area contributed by atoms with Crippen molar-refractivity contribution in [2.75, 3.05) is 0 Å². The lowest BCUT2D eigenvalue weighted by Gasteiger charge is -2.11. The van der Waals surface area contributed by atoms with E-state index < -0.39 is 11.9 Å². The number of hydrogen-bond acceptors (Lipinski definition) is 4. The Morgan fingerprint density at radius 1 is 1.47 bits per heavy atom. The summed E-state index contributed by atoms with van der Waals surface area (Å²) < 4.78 is 15.4. The van der Waals surface area contributed by atoms with E-state index in [0.717, 1.165) is 0 Å². The molecule has 2 aromatic rings. The van der Waals surface area contributed by atoms with Gasteiger partial charge in [0, 0.05) is 17.5 Å². The second-order valence-electron chi connectivity index (χ2n) is 3.65. The van der Waals surface area contributed by atoms with Gasteiger partial charge in [0.2, 0.25) is 0 Å². The second-order valence-corrected chi connectivity index (χ2v) is 4.66. The summed E-state index contributed by atoms with van der Waals surface area (Å²) in [7, 11) is 1.81. The average molecular weight is 253 g/mol. The molecule has 0 saturated heterocycles. The number of aliphatic hydroxyl groups is 1. The molecule has 0 amide bonds. The van der Waals surface area contributed by atoms with Crippen molar-refractivity contribution < 1.29 is 9.50 Å². The van der Waals surface area contributed by atoms with Gasteiger partial charge in [-0.05, 0) is 30.8 Å². The van der Waals surface area contributed by atoms with Gasteiger partial charge >= 0.3 is 0 Å². The Hall–Kier alpha value is -1.40. The molecule has 0 aliphatic heterocycles. The summed E-state index contributed by atoms with van der Waals surface area (Å²) in [6, 6.07) is 4.70. The van der Waals surface area contributed by atoms with Crippen molar-refractivity contribution in [1.29, 1.82) is 0 Å². The molecule has 0 saturated carbocycles. The Labute approximate surface area is 102 Å². The summed E-state index contributed by atoms with van der Waals surface area (Å²) in [5.41, 5.74) is 0.292. The third-order valence-corrected chi connectivity index (χ3v) is 3.43. The molecule has 4 nitrogen and oxygen atoms in total. The van der Waals surface area contributed by atoms with E-state index in [2.05, 4.69) is 10.2 Å². The maximum Gasteiger partial charge on any atom is 0.195 e. The van der Waals surface area contributed by atoms with Crippen molar-refractivity contribution in [3.63, 3.8) is 0 Å². The van der Waals surface area contributed by atoms with Gasteiger partial charge in [0.05, 0.1) is 6.10 Å². The molecule has 0 aliphatic carbocycles. The Kier molecular flexibility index (Phi) is 3.44. The van der Waals surface area contributed by atoms with Gasteiger partial charge in [0.1, 0.15) is 12.1 Å². The predicted octanol–water partition coefficient (Wildman–Crippen LogP) is 2.16. The Bertz CT molecular complexity index is 527. The summed E-state index contributed by atoms with van der Waals surface area (Å²) in [5, 5.41) is 17.9. The van der Waals surface area contributed by atoms with Crippen molar-refractivity contribution >= 4 is 11.8 Å². The zero-order valence-electron chi connectivity index (χ0n) is 9.46. The molecule has 0 fully saturated rings. The Morgan fingerprint density at radius 3 is 2.82 bits per heavy atom. The van der Waals surface area contributed by atoms with E-state index >= 15 is 0 Å². The molecule has 0 spiro atoms. The molecule has 6 heteroatoms. The van der Waals surface area contributed by atoms with Crippen molar-refractivity contribution in [3.05, 3.63) is 35.9 Å². The number of aromatic nitrogens is 3. The quantitative estimate of drug-likeness (QED) is 0.910. The van der Waals surface area contributed by atoms with Crippen molar-refractivity contribution in [2.45, 2.75) is 23.1 Å². The molecule has 1 atom stereocenters. The van der Waals surface area contributed by atoms with Gasteiger partial charge in [-0.1, -0.05) is 6.07 Å². The van der Waals surface area contributed by atoms with E-state index in [1.807, 2.05) is 7.05 Å². The normalized spacial score (nSPS) is 12.7. The summed E-state index contributed by atoms with van der Waals surface area (Å²) in [6.07, 6.45) is 0.718. The van der Waals surface area contributed by atoms with Crippen molar-refractivity contribution in [1.82, 2.24) is 14.8 Å². The standard InChI is InChI=1S/C11H12FN3OS/c1-7(16)10-8(12)4-3-5-9(10)17-11-14-13-6-15(11)2/h3-7,16H,1-2H3. The summed E-state index contributed by atoms with van der Waals surface area (Å²) in [6.45, 7) is 1.54. The van der Waals surface area contributed by atoms with Crippen LogP contribution in [0.4, 0.5) is 4.39 Å². The minimum absolute atomic E-state index is 0.292. The van der Waals surface area contributed by atoms with Gasteiger partial charge in [0.25, 0.3) is 0 Å². The Morgan fingerprint density at radius 2 is 2.24 bits per heavy atom. The smallest absolute Gasteiger partial charge is 0.195 e. The topological polar surface area (TPSA) is 50.9 Å². The molecule has 0 bridgehead atoms. The molecular weight excluding hydrogens is 241 g/mol. The van der Waals surface area contributed by atoms with Gasteiger partial charge in [-0.3, -0.25) is 0 Å². The maximum absolute atomic E-state index is 13.6. The number of nitrogens with zero attached hydrogens (tertiary/aromatic N) is 3. The fourth-order valence-corrected chi connectivity index (χ4v) is 2.48. The highest BCUT2D eigenvalue weighted by molar-refractivity contribution is 7.99. The molecule has 0 radical (unpaired) electrons. The number of aliphatic hydroxyl groups excluding tert-OH is 1. The molecule has 1 unspecified atom stereocenters. The van der Waals surface area contributed by atoms with Crippen LogP contribution in [0.15, 0.2) is 34.6 Å². The minimum Gasteiger partial charge on any atom is -0.389 e. The number of hydrogen-bond donors (Lipinski definition) is 1. The van der Waals surface area contributed by atoms with Crippen LogP contribution in [-0.2, 0) is 7.05 Å². The van der Waals surface area contributed by atoms with Crippen LogP contribution in [0.25, 0.3) is 0 Å². The zero-order chi connectivity index (χ0) is 12.4. The SMILES string of the molecule is CC(O)c1c(F)cccc1Sc1nncn1C. The van der Waals surface area contributed by atoms with Gasteiger partial charge in [-0.2, -0.15) is 0 Å². The van der Waals surface area contributed by atoms with Gasteiger partial charge < -0.3 is 9.67 Å². The maximum atomic E-state index is 13.6. The first kappa shape index (κ1) is 12.1. The molecule has 1 aromatic heterocycles. The molecular formula is C11H12FN3OS. The summed E-state index contributed by atoms with van der Waals surface area (Å²) in [4.78, 5) is 0.649. The third kappa shape index (κ3) is 2.48. The van der Waals surface area contributed by atoms with E-state index in [1.165, 1.54) is 17.8 Å². The molecule has 17 heavy (non-hydrogen) atoms. The molecule has 0 aliphatic rings. The van der Waals surface area contributed by atoms with E-state index in [4.69, 9.17) is 0 Å². The van der Waals surface area contributed by atoms with Crippen LogP contribution in [-0.4, -0.2) is 19.9 Å². The van der Waals surface area contributed by atoms with Gasteiger partial charge in [-0.15, -0.1) is 10.2 Å². The molecule has 1 aromatic carbocycles. The molecule has 90 valence electrons. The highest BCUT2D eigenvalue weighted by Gasteiger charge is 2.15.